The normalized spacial score (nSPS) is 14.8. The van der Waals surface area contributed by atoms with Crippen LogP contribution in [0, 0.1) is 0 Å². The Kier molecular flexibility index (Phi) is 7.29. The Labute approximate surface area is 329 Å². The summed E-state index contributed by atoms with van der Waals surface area (Å²) in [5.74, 6) is 0.922. The molecule has 3 aromatic heterocycles. The van der Waals surface area contributed by atoms with E-state index in [0.29, 0.717) is 0 Å². The van der Waals surface area contributed by atoms with Gasteiger partial charge in [-0.1, -0.05) is 142 Å². The van der Waals surface area contributed by atoms with Gasteiger partial charge in [0, 0.05) is 50.3 Å². The van der Waals surface area contributed by atoms with Crippen molar-refractivity contribution in [1.29, 1.82) is 0 Å². The zero-order valence-electron chi connectivity index (χ0n) is 31.5. The number of aromatic nitrogens is 1. The van der Waals surface area contributed by atoms with Gasteiger partial charge in [-0.25, -0.2) is 0 Å². The number of rotatable bonds is 6. The van der Waals surface area contributed by atoms with Crippen LogP contribution in [0.4, 0.5) is 5.69 Å². The molecule has 0 bridgehead atoms. The second-order valence-corrected chi connectivity index (χ2v) is 15.1. The largest absolute Gasteiger partial charge is 0.456 e. The highest BCUT2D eigenvalue weighted by molar-refractivity contribution is 6.23. The summed E-state index contributed by atoms with van der Waals surface area (Å²) in [5, 5.41) is 12.3. The van der Waals surface area contributed by atoms with Gasteiger partial charge in [0.25, 0.3) is 0 Å². The number of para-hydroxylation sites is 3. The minimum Gasteiger partial charge on any atom is -0.456 e. The summed E-state index contributed by atoms with van der Waals surface area (Å²) in [4.78, 5) is 2.35. The predicted octanol–water partition coefficient (Wildman–Crippen LogP) is 10.6. The van der Waals surface area contributed by atoms with Gasteiger partial charge in [0.1, 0.15) is 11.3 Å². The highest BCUT2D eigenvalue weighted by Gasteiger charge is 2.26. The fourth-order valence-corrected chi connectivity index (χ4v) is 9.43. The Morgan fingerprint density at radius 1 is 0.649 bits per heavy atom. The quantitative estimate of drug-likeness (QED) is 0.170. The van der Waals surface area contributed by atoms with Crippen molar-refractivity contribution < 1.29 is 4.42 Å². The molecule has 3 heterocycles. The molecule has 270 valence electrons. The molecule has 0 amide bonds. The molecule has 1 atom stereocenters. The van der Waals surface area contributed by atoms with Gasteiger partial charge >= 0.3 is 0 Å². The molecule has 0 saturated heterocycles. The summed E-state index contributed by atoms with van der Waals surface area (Å²) >= 11 is 0. The van der Waals surface area contributed by atoms with Gasteiger partial charge in [0.05, 0.1) is 22.6 Å². The van der Waals surface area contributed by atoms with Crippen molar-refractivity contribution in [2.24, 2.45) is 0 Å². The predicted molar refractivity (Wildman–Crippen MR) is 244 cm³/mol. The number of furan rings is 1. The third-order valence-corrected chi connectivity index (χ3v) is 12.1. The van der Waals surface area contributed by atoms with E-state index in [4.69, 9.17) is 11.0 Å². The Bertz CT molecular complexity index is 3580. The lowest BCUT2D eigenvalue weighted by molar-refractivity contribution is 0.589. The summed E-state index contributed by atoms with van der Waals surface area (Å²) < 4.78 is 8.71. The van der Waals surface area contributed by atoms with Gasteiger partial charge in [-0.05, 0) is 91.3 Å². The second-order valence-electron chi connectivity index (χ2n) is 15.1. The summed E-state index contributed by atoms with van der Waals surface area (Å²) in [5.41, 5.74) is 10.2. The van der Waals surface area contributed by atoms with Crippen molar-refractivity contribution in [3.8, 4) is 11.1 Å². The van der Waals surface area contributed by atoms with E-state index < -0.39 is 0 Å². The number of benzene rings is 7. The lowest BCUT2D eigenvalue weighted by Crippen LogP contribution is -2.47. The number of nitrogens with zero attached hydrogens (tertiary/aromatic N) is 2. The molecule has 1 aliphatic carbocycles. The maximum Gasteiger partial charge on any atom is 0.135 e. The Morgan fingerprint density at radius 3 is 2.07 bits per heavy atom. The number of allylic oxidation sites excluding steroid dienone is 2. The van der Waals surface area contributed by atoms with Crippen molar-refractivity contribution in [1.82, 2.24) is 4.40 Å². The molecule has 11 rings (SSSR count). The fourth-order valence-electron chi connectivity index (χ4n) is 9.43. The molecule has 57 heavy (non-hydrogen) atoms. The highest BCUT2D eigenvalue weighted by atomic mass is 16.3. The average Bonchev–Trinajstić information content (AvgIpc) is 3.91. The van der Waals surface area contributed by atoms with Crippen molar-refractivity contribution in [2.45, 2.75) is 12.5 Å². The van der Waals surface area contributed by atoms with Crippen LogP contribution in [0.25, 0.3) is 102 Å². The third kappa shape index (κ3) is 4.92. The molecule has 0 aliphatic heterocycles. The molecule has 7 aromatic carbocycles. The molecule has 3 heteroatoms. The molecule has 3 nitrogen and oxygen atoms in total. The fraction of sp³-hybridized carbons (Fsp3) is 0.0370. The van der Waals surface area contributed by atoms with Gasteiger partial charge in [0.2, 0.25) is 0 Å². The van der Waals surface area contributed by atoms with Gasteiger partial charge in [-0.15, -0.1) is 0 Å². The van der Waals surface area contributed by atoms with Crippen molar-refractivity contribution in [3.05, 3.63) is 197 Å². The summed E-state index contributed by atoms with van der Waals surface area (Å²) in [6.45, 7) is 17.7. The van der Waals surface area contributed by atoms with Gasteiger partial charge in [-0.2, -0.15) is 0 Å². The minimum atomic E-state index is -0.00896. The highest BCUT2D eigenvalue weighted by Crippen LogP contribution is 2.41. The van der Waals surface area contributed by atoms with E-state index in [-0.39, 0.29) is 6.04 Å². The van der Waals surface area contributed by atoms with Crippen LogP contribution in [0.15, 0.2) is 169 Å². The Hall–Kier alpha value is -7.36. The van der Waals surface area contributed by atoms with Crippen LogP contribution in [0.2, 0.25) is 0 Å². The maximum atomic E-state index is 6.28. The van der Waals surface area contributed by atoms with E-state index in [1.807, 2.05) is 24.3 Å². The molecule has 0 spiro atoms. The van der Waals surface area contributed by atoms with Gasteiger partial charge in [-0.3, -0.25) is 0 Å². The first-order valence-corrected chi connectivity index (χ1v) is 19.5. The lowest BCUT2D eigenvalue weighted by atomic mass is 9.94. The second kappa shape index (κ2) is 12.6. The molecular formula is C54H38N2O. The maximum absolute atomic E-state index is 6.28. The van der Waals surface area contributed by atoms with E-state index in [1.165, 1.54) is 49.2 Å². The first kappa shape index (κ1) is 33.0. The molecule has 1 unspecified atom stereocenters. The van der Waals surface area contributed by atoms with Crippen molar-refractivity contribution >= 4 is 96.9 Å². The standard InChI is InChI=1S/C54H38N2O/c1-5-13-40-34(3)35(4)47(42-15-7-6-14-41(40)42)30-33(2)55(39-27-29-53-49(32-39)44-17-9-11-21-52(44)57-53)38-25-22-36(23-26-38)37-24-28-51-48(31-37)46-19-12-18-45-43-16-8-10-20-50(43)56(51)54(45)46/h5-31,39H,1-4,32H2/b40-13+,47-30+. The first-order chi connectivity index (χ1) is 28.0. The molecule has 0 fully saturated rings. The molecule has 0 radical (unpaired) electrons. The van der Waals surface area contributed by atoms with Crippen molar-refractivity contribution in [3.63, 3.8) is 0 Å². The van der Waals surface area contributed by atoms with E-state index in [1.54, 1.807) is 0 Å². The van der Waals surface area contributed by atoms with Crippen molar-refractivity contribution in [2.75, 3.05) is 4.90 Å². The monoisotopic (exact) mass is 730 g/mol. The van der Waals surface area contributed by atoms with Gasteiger partial charge < -0.3 is 13.7 Å². The van der Waals surface area contributed by atoms with Crippen LogP contribution in [0.5, 0.6) is 0 Å². The third-order valence-electron chi connectivity index (χ3n) is 12.1. The summed E-state index contributed by atoms with van der Waals surface area (Å²) in [6.07, 6.45) is 11.2. The molecule has 1 aliphatic rings. The average molecular weight is 731 g/mol. The van der Waals surface area contributed by atoms with Crippen LogP contribution in [-0.2, 0) is 6.42 Å². The summed E-state index contributed by atoms with van der Waals surface area (Å²) in [7, 11) is 0. The number of fused-ring (bicyclic) bond motifs is 10. The topological polar surface area (TPSA) is 20.8 Å². The number of hydrogen-bond acceptors (Lipinski definition) is 2. The molecular weight excluding hydrogens is 693 g/mol. The van der Waals surface area contributed by atoms with E-state index in [0.717, 1.165) is 71.7 Å². The van der Waals surface area contributed by atoms with E-state index >= 15 is 0 Å². The number of hydrogen-bond donors (Lipinski definition) is 0. The van der Waals surface area contributed by atoms with Crippen LogP contribution < -0.4 is 25.8 Å². The first-order valence-electron chi connectivity index (χ1n) is 19.5. The van der Waals surface area contributed by atoms with Gasteiger partial charge in [0.15, 0.2) is 0 Å². The Morgan fingerprint density at radius 2 is 1.28 bits per heavy atom. The number of anilines is 1. The lowest BCUT2D eigenvalue weighted by Gasteiger charge is -2.34. The van der Waals surface area contributed by atoms with Crippen LogP contribution in [0.1, 0.15) is 11.3 Å². The molecule has 10 aromatic rings. The SMILES string of the molecule is C=C/C=c1\c(=C)c(=C)/c(=C\C(=C)N(c2ccc(-c3ccc4c(c3)c3cccc5c6ccccc6n4c53)cc2)C2C=Cc3oc4ccccc4c3C2)c2ccccc12. The Balaban J connectivity index is 1.04. The summed E-state index contributed by atoms with van der Waals surface area (Å²) in [6, 6.07) is 48.0. The molecule has 0 saturated carbocycles. The molecule has 0 N–H and O–H groups in total. The zero-order valence-corrected chi connectivity index (χ0v) is 31.5. The van der Waals surface area contributed by atoms with E-state index in [9.17, 15) is 0 Å². The van der Waals surface area contributed by atoms with Crippen LogP contribution in [-0.4, -0.2) is 10.4 Å². The zero-order chi connectivity index (χ0) is 38.4. The minimum absolute atomic E-state index is 0.00896. The van der Waals surface area contributed by atoms with E-state index in [2.05, 4.69) is 169 Å². The van der Waals surface area contributed by atoms with Crippen LogP contribution >= 0.6 is 0 Å². The smallest absolute Gasteiger partial charge is 0.135 e. The van der Waals surface area contributed by atoms with Crippen LogP contribution in [0.3, 0.4) is 0 Å².